The first-order chi connectivity index (χ1) is 13.2. The highest BCUT2D eigenvalue weighted by atomic mass is 79.9. The molecule has 0 N–H and O–H groups in total. The van der Waals surface area contributed by atoms with Crippen molar-refractivity contribution in [3.05, 3.63) is 83.1 Å². The molecule has 0 aliphatic heterocycles. The van der Waals surface area contributed by atoms with Crippen LogP contribution < -0.4 is 0 Å². The Morgan fingerprint density at radius 2 is 1.41 bits per heavy atom. The Hall–Kier alpha value is -3.12. The predicted octanol–water partition coefficient (Wildman–Crippen LogP) is 5.54. The van der Waals surface area contributed by atoms with E-state index in [4.69, 9.17) is 9.97 Å². The quantitative estimate of drug-likeness (QED) is 0.378. The molecular weight excluding hydrogens is 407 g/mol. The molecule has 0 saturated heterocycles. The van der Waals surface area contributed by atoms with E-state index >= 15 is 0 Å². The van der Waals surface area contributed by atoms with Crippen molar-refractivity contribution in [2.24, 2.45) is 0 Å². The fraction of sp³-hybridized carbons (Fsp3) is 0. The van der Waals surface area contributed by atoms with Crippen molar-refractivity contribution in [2.45, 2.75) is 0 Å². The number of para-hydroxylation sites is 2. The minimum absolute atomic E-state index is 0.285. The molecule has 0 bridgehead atoms. The van der Waals surface area contributed by atoms with Gasteiger partial charge in [-0.3, -0.25) is 4.57 Å². The molecule has 3 aromatic carbocycles. The van der Waals surface area contributed by atoms with Gasteiger partial charge in [-0.05, 0) is 60.7 Å². The number of hydrogen-bond acceptors (Lipinski definition) is 3. The lowest BCUT2D eigenvalue weighted by Crippen LogP contribution is -1.99. The minimum Gasteiger partial charge on any atom is -0.275 e. The Bertz CT molecular complexity index is 1280. The van der Waals surface area contributed by atoms with E-state index in [2.05, 4.69) is 20.9 Å². The number of hydrogen-bond donors (Lipinski definition) is 0. The van der Waals surface area contributed by atoms with Gasteiger partial charge in [-0.15, -0.1) is 0 Å². The number of rotatable bonds is 2. The Balaban J connectivity index is 1.86. The molecule has 6 heteroatoms. The third-order valence-corrected chi connectivity index (χ3v) is 4.89. The van der Waals surface area contributed by atoms with Crippen molar-refractivity contribution in [3.63, 3.8) is 0 Å². The molecule has 5 aromatic rings. The zero-order chi connectivity index (χ0) is 18.4. The van der Waals surface area contributed by atoms with E-state index in [1.54, 1.807) is 12.1 Å². The second-order valence-corrected chi connectivity index (χ2v) is 7.03. The van der Waals surface area contributed by atoms with Crippen molar-refractivity contribution in [2.75, 3.05) is 0 Å². The summed E-state index contributed by atoms with van der Waals surface area (Å²) in [5.41, 5.74) is 4.50. The summed E-state index contributed by atoms with van der Waals surface area (Å²) in [7, 11) is 0. The average molecular weight is 419 g/mol. The molecule has 0 atom stereocenters. The summed E-state index contributed by atoms with van der Waals surface area (Å²) in [6, 6.07) is 21.9. The van der Waals surface area contributed by atoms with E-state index < -0.39 is 0 Å². The van der Waals surface area contributed by atoms with Crippen LogP contribution in [0.3, 0.4) is 0 Å². The summed E-state index contributed by atoms with van der Waals surface area (Å²) in [6.07, 6.45) is 0. The lowest BCUT2D eigenvalue weighted by atomic mass is 10.2. The van der Waals surface area contributed by atoms with E-state index in [0.29, 0.717) is 17.1 Å². The predicted molar refractivity (Wildman–Crippen MR) is 107 cm³/mol. The van der Waals surface area contributed by atoms with Crippen LogP contribution in [0.5, 0.6) is 0 Å². The van der Waals surface area contributed by atoms with Crippen LogP contribution in [-0.2, 0) is 0 Å². The fourth-order valence-corrected chi connectivity index (χ4v) is 3.35. The zero-order valence-corrected chi connectivity index (χ0v) is 15.6. The molecule has 130 valence electrons. The average Bonchev–Trinajstić information content (AvgIpc) is 3.05. The van der Waals surface area contributed by atoms with Crippen molar-refractivity contribution in [1.29, 1.82) is 0 Å². The zero-order valence-electron chi connectivity index (χ0n) is 14.0. The molecule has 2 aromatic heterocycles. The van der Waals surface area contributed by atoms with Gasteiger partial charge in [0, 0.05) is 15.7 Å². The highest BCUT2D eigenvalue weighted by Gasteiger charge is 2.17. The number of aromatic nitrogens is 4. The van der Waals surface area contributed by atoms with Gasteiger partial charge in [0.25, 0.3) is 0 Å². The Morgan fingerprint density at radius 1 is 0.741 bits per heavy atom. The molecule has 27 heavy (non-hydrogen) atoms. The molecule has 0 unspecified atom stereocenters. The normalized spacial score (nSPS) is 11.3. The van der Waals surface area contributed by atoms with Gasteiger partial charge < -0.3 is 0 Å². The molecule has 2 heterocycles. The maximum absolute atomic E-state index is 13.4. The van der Waals surface area contributed by atoms with E-state index in [0.717, 1.165) is 26.8 Å². The molecule has 0 saturated carbocycles. The lowest BCUT2D eigenvalue weighted by molar-refractivity contribution is 0.628. The number of fused-ring (bicyclic) bond motifs is 2. The van der Waals surface area contributed by atoms with Gasteiger partial charge in [-0.2, -0.15) is 0 Å². The lowest BCUT2D eigenvalue weighted by Gasteiger charge is -2.09. The van der Waals surface area contributed by atoms with Crippen LogP contribution in [0, 0.1) is 5.82 Å². The molecule has 0 amide bonds. The van der Waals surface area contributed by atoms with Crippen molar-refractivity contribution in [1.82, 2.24) is 19.5 Å². The van der Waals surface area contributed by atoms with Crippen LogP contribution in [-0.4, -0.2) is 19.5 Å². The van der Waals surface area contributed by atoms with Gasteiger partial charge in [0.05, 0.1) is 11.0 Å². The maximum atomic E-state index is 13.4. The molecule has 0 radical (unpaired) electrons. The van der Waals surface area contributed by atoms with E-state index in [1.807, 2.05) is 53.1 Å². The fourth-order valence-electron chi connectivity index (χ4n) is 3.08. The second-order valence-electron chi connectivity index (χ2n) is 6.11. The Kier molecular flexibility index (Phi) is 3.72. The monoisotopic (exact) mass is 418 g/mol. The SMILES string of the molecule is Fc1ccc(-c2nc3nc4ccccc4nc3n2-c2ccc(Br)cc2)cc1. The molecular formula is C21H12BrFN4. The van der Waals surface area contributed by atoms with Gasteiger partial charge in [-0.25, -0.2) is 19.3 Å². The largest absolute Gasteiger partial charge is 0.275 e. The highest BCUT2D eigenvalue weighted by molar-refractivity contribution is 9.10. The molecule has 4 nitrogen and oxygen atoms in total. The van der Waals surface area contributed by atoms with E-state index in [1.165, 1.54) is 12.1 Å². The van der Waals surface area contributed by atoms with Crippen molar-refractivity contribution in [3.8, 4) is 17.1 Å². The molecule has 0 aliphatic rings. The third kappa shape index (κ3) is 2.78. The van der Waals surface area contributed by atoms with Crippen LogP contribution >= 0.6 is 15.9 Å². The summed E-state index contributed by atoms with van der Waals surface area (Å²) in [6.45, 7) is 0. The van der Waals surface area contributed by atoms with E-state index in [-0.39, 0.29) is 5.82 Å². The van der Waals surface area contributed by atoms with Crippen LogP contribution in [0.2, 0.25) is 0 Å². The standard InChI is InChI=1S/C21H12BrFN4/c22-14-7-11-16(12-8-14)27-20(13-5-9-15(23)10-6-13)26-19-21(27)25-18-4-2-1-3-17(18)24-19/h1-12H. The first-order valence-electron chi connectivity index (χ1n) is 8.36. The van der Waals surface area contributed by atoms with Crippen LogP contribution in [0.15, 0.2) is 77.3 Å². The number of benzene rings is 3. The number of halogens is 2. The smallest absolute Gasteiger partial charge is 0.199 e. The minimum atomic E-state index is -0.285. The second kappa shape index (κ2) is 6.25. The van der Waals surface area contributed by atoms with Gasteiger partial charge >= 0.3 is 0 Å². The third-order valence-electron chi connectivity index (χ3n) is 4.36. The van der Waals surface area contributed by atoms with Gasteiger partial charge in [0.1, 0.15) is 11.6 Å². The van der Waals surface area contributed by atoms with Crippen LogP contribution in [0.25, 0.3) is 39.4 Å². The Morgan fingerprint density at radius 3 is 2.11 bits per heavy atom. The van der Waals surface area contributed by atoms with Crippen molar-refractivity contribution >= 4 is 38.3 Å². The highest BCUT2D eigenvalue weighted by Crippen LogP contribution is 2.29. The van der Waals surface area contributed by atoms with E-state index in [9.17, 15) is 4.39 Å². The van der Waals surface area contributed by atoms with Gasteiger partial charge in [-0.1, -0.05) is 28.1 Å². The maximum Gasteiger partial charge on any atom is 0.199 e. The first kappa shape index (κ1) is 16.1. The van der Waals surface area contributed by atoms with Crippen molar-refractivity contribution < 1.29 is 4.39 Å². The summed E-state index contributed by atoms with van der Waals surface area (Å²) in [4.78, 5) is 14.2. The van der Waals surface area contributed by atoms with Crippen LogP contribution in [0.1, 0.15) is 0 Å². The Labute approximate surface area is 162 Å². The summed E-state index contributed by atoms with van der Waals surface area (Å²) in [5, 5.41) is 0. The van der Waals surface area contributed by atoms with Gasteiger partial charge in [0.2, 0.25) is 0 Å². The molecule has 0 spiro atoms. The molecule has 0 aliphatic carbocycles. The molecule has 0 fully saturated rings. The summed E-state index contributed by atoms with van der Waals surface area (Å²) in [5.74, 6) is 0.384. The molecule has 5 rings (SSSR count). The summed E-state index contributed by atoms with van der Waals surface area (Å²) >= 11 is 3.47. The number of nitrogens with zero attached hydrogens (tertiary/aromatic N) is 4. The summed E-state index contributed by atoms with van der Waals surface area (Å²) < 4.78 is 16.3. The van der Waals surface area contributed by atoms with Crippen LogP contribution in [0.4, 0.5) is 4.39 Å². The van der Waals surface area contributed by atoms with Gasteiger partial charge in [0.15, 0.2) is 11.3 Å². The first-order valence-corrected chi connectivity index (χ1v) is 9.15. The number of imidazole rings is 1. The topological polar surface area (TPSA) is 43.6 Å².